The summed E-state index contributed by atoms with van der Waals surface area (Å²) in [7, 11) is 0. The summed E-state index contributed by atoms with van der Waals surface area (Å²) in [5.41, 5.74) is 0.413. The van der Waals surface area contributed by atoms with Crippen LogP contribution in [0.5, 0.6) is 5.75 Å². The number of aryl methyl sites for hydroxylation is 1. The van der Waals surface area contributed by atoms with E-state index in [1.54, 1.807) is 22.8 Å². The quantitative estimate of drug-likeness (QED) is 0.706. The first-order valence-corrected chi connectivity index (χ1v) is 8.83. The summed E-state index contributed by atoms with van der Waals surface area (Å²) in [6, 6.07) is 9.39. The second kappa shape index (κ2) is 7.43. The SMILES string of the molecule is CCn1c(=O)sc2cc(NC(=O)COc3cccc(C(F)(F)F)c3)ccc21. The van der Waals surface area contributed by atoms with Gasteiger partial charge in [-0.25, -0.2) is 0 Å². The van der Waals surface area contributed by atoms with E-state index in [4.69, 9.17) is 4.74 Å². The molecule has 2 aromatic carbocycles. The van der Waals surface area contributed by atoms with E-state index in [1.807, 2.05) is 6.92 Å². The molecule has 3 rings (SSSR count). The van der Waals surface area contributed by atoms with Crippen molar-refractivity contribution in [2.75, 3.05) is 11.9 Å². The van der Waals surface area contributed by atoms with Crippen molar-refractivity contribution in [2.24, 2.45) is 0 Å². The second-order valence-corrected chi connectivity index (χ2v) is 6.65. The van der Waals surface area contributed by atoms with Gasteiger partial charge in [-0.15, -0.1) is 0 Å². The summed E-state index contributed by atoms with van der Waals surface area (Å²) in [5, 5.41) is 2.61. The van der Waals surface area contributed by atoms with Gasteiger partial charge in [-0.05, 0) is 43.3 Å². The Hall–Kier alpha value is -2.81. The third kappa shape index (κ3) is 4.30. The highest BCUT2D eigenvalue weighted by Crippen LogP contribution is 2.31. The highest BCUT2D eigenvalue weighted by Gasteiger charge is 2.30. The number of alkyl halides is 3. The van der Waals surface area contributed by atoms with Gasteiger partial charge in [0.15, 0.2) is 6.61 Å². The molecule has 0 unspecified atom stereocenters. The lowest BCUT2D eigenvalue weighted by molar-refractivity contribution is -0.137. The number of rotatable bonds is 5. The summed E-state index contributed by atoms with van der Waals surface area (Å²) < 4.78 is 45.5. The van der Waals surface area contributed by atoms with E-state index in [2.05, 4.69) is 5.32 Å². The fraction of sp³-hybridized carbons (Fsp3) is 0.222. The van der Waals surface area contributed by atoms with E-state index in [0.717, 1.165) is 33.7 Å². The summed E-state index contributed by atoms with van der Waals surface area (Å²) in [6.45, 7) is 1.98. The minimum Gasteiger partial charge on any atom is -0.484 e. The molecule has 0 bridgehead atoms. The molecule has 0 fully saturated rings. The molecule has 1 aromatic heterocycles. The summed E-state index contributed by atoms with van der Waals surface area (Å²) >= 11 is 1.08. The van der Waals surface area contributed by atoms with Gasteiger partial charge in [-0.2, -0.15) is 13.2 Å². The Kier molecular flexibility index (Phi) is 5.22. The number of nitrogens with zero attached hydrogens (tertiary/aromatic N) is 1. The van der Waals surface area contributed by atoms with Crippen LogP contribution in [0, 0.1) is 0 Å². The molecular formula is C18H15F3N2O3S. The maximum Gasteiger partial charge on any atom is 0.416 e. The molecule has 1 heterocycles. The van der Waals surface area contributed by atoms with E-state index in [0.29, 0.717) is 12.2 Å². The third-order valence-corrected chi connectivity index (χ3v) is 4.74. The third-order valence-electron chi connectivity index (χ3n) is 3.80. The van der Waals surface area contributed by atoms with Crippen molar-refractivity contribution in [3.63, 3.8) is 0 Å². The molecule has 1 N–H and O–H groups in total. The minimum atomic E-state index is -4.48. The van der Waals surface area contributed by atoms with Gasteiger partial charge in [-0.3, -0.25) is 14.2 Å². The van der Waals surface area contributed by atoms with Crippen LogP contribution in [0.2, 0.25) is 0 Å². The Balaban J connectivity index is 1.66. The Bertz CT molecular complexity index is 1040. The van der Waals surface area contributed by atoms with Crippen molar-refractivity contribution in [3.05, 3.63) is 57.7 Å². The molecule has 1 amide bonds. The van der Waals surface area contributed by atoms with Crippen LogP contribution in [-0.4, -0.2) is 17.1 Å². The topological polar surface area (TPSA) is 60.3 Å². The summed E-state index contributed by atoms with van der Waals surface area (Å²) in [4.78, 5) is 23.8. The predicted molar refractivity (Wildman–Crippen MR) is 97.3 cm³/mol. The Morgan fingerprint density at radius 1 is 1.22 bits per heavy atom. The van der Waals surface area contributed by atoms with Gasteiger partial charge in [0.05, 0.1) is 15.8 Å². The number of fused-ring (bicyclic) bond motifs is 1. The number of nitrogens with one attached hydrogen (secondary N) is 1. The van der Waals surface area contributed by atoms with Crippen molar-refractivity contribution >= 4 is 33.1 Å². The summed E-state index contributed by atoms with van der Waals surface area (Å²) in [5.74, 6) is -0.567. The lowest BCUT2D eigenvalue weighted by Crippen LogP contribution is -2.20. The van der Waals surface area contributed by atoms with Crippen LogP contribution in [0.25, 0.3) is 10.2 Å². The number of anilines is 1. The molecule has 27 heavy (non-hydrogen) atoms. The van der Waals surface area contributed by atoms with Gasteiger partial charge in [0.1, 0.15) is 5.75 Å². The van der Waals surface area contributed by atoms with Gasteiger partial charge in [0.2, 0.25) is 0 Å². The van der Waals surface area contributed by atoms with E-state index >= 15 is 0 Å². The van der Waals surface area contributed by atoms with Gasteiger partial charge in [-0.1, -0.05) is 17.4 Å². The first kappa shape index (κ1) is 19.0. The highest BCUT2D eigenvalue weighted by molar-refractivity contribution is 7.16. The van der Waals surface area contributed by atoms with Crippen molar-refractivity contribution in [3.8, 4) is 5.75 Å². The van der Waals surface area contributed by atoms with Crippen molar-refractivity contribution in [1.29, 1.82) is 0 Å². The number of carbonyl (C=O) groups is 1. The molecule has 0 aliphatic heterocycles. The number of hydrogen-bond donors (Lipinski definition) is 1. The molecule has 0 atom stereocenters. The first-order chi connectivity index (χ1) is 12.8. The zero-order valence-electron chi connectivity index (χ0n) is 14.2. The van der Waals surface area contributed by atoms with Crippen molar-refractivity contribution < 1.29 is 22.7 Å². The van der Waals surface area contributed by atoms with Crippen LogP contribution in [0.3, 0.4) is 0 Å². The van der Waals surface area contributed by atoms with E-state index in [1.165, 1.54) is 12.1 Å². The first-order valence-electron chi connectivity index (χ1n) is 8.01. The lowest BCUT2D eigenvalue weighted by atomic mass is 10.2. The van der Waals surface area contributed by atoms with Gasteiger partial charge < -0.3 is 10.1 Å². The van der Waals surface area contributed by atoms with Crippen LogP contribution in [0.1, 0.15) is 12.5 Å². The Morgan fingerprint density at radius 3 is 2.70 bits per heavy atom. The molecule has 0 aliphatic carbocycles. The maximum atomic E-state index is 12.7. The minimum absolute atomic E-state index is 0.0475. The maximum absolute atomic E-state index is 12.7. The second-order valence-electron chi connectivity index (χ2n) is 5.66. The standard InChI is InChI=1S/C18H15F3N2O3S/c1-2-23-14-7-6-12(9-15(14)27-17(23)25)22-16(24)10-26-13-5-3-4-11(8-13)18(19,20)21/h3-9H,2,10H2,1H3,(H,22,24). The normalized spacial score (nSPS) is 11.6. The molecular weight excluding hydrogens is 381 g/mol. The molecule has 5 nitrogen and oxygen atoms in total. The zero-order chi connectivity index (χ0) is 19.6. The van der Waals surface area contributed by atoms with Gasteiger partial charge >= 0.3 is 11.0 Å². The number of carbonyl (C=O) groups excluding carboxylic acids is 1. The summed E-state index contributed by atoms with van der Waals surface area (Å²) in [6.07, 6.45) is -4.48. The average molecular weight is 396 g/mol. The van der Waals surface area contributed by atoms with Crippen LogP contribution in [-0.2, 0) is 17.5 Å². The van der Waals surface area contributed by atoms with Gasteiger partial charge in [0.25, 0.3) is 5.91 Å². The number of halogens is 3. The highest BCUT2D eigenvalue weighted by atomic mass is 32.1. The van der Waals surface area contributed by atoms with Crippen LogP contribution < -0.4 is 14.9 Å². The Labute approximate surface area is 156 Å². The van der Waals surface area contributed by atoms with Crippen molar-refractivity contribution in [1.82, 2.24) is 4.57 Å². The molecule has 0 aliphatic rings. The monoisotopic (exact) mass is 396 g/mol. The van der Waals surface area contributed by atoms with Crippen LogP contribution in [0.15, 0.2) is 47.3 Å². The predicted octanol–water partition coefficient (Wildman–Crippen LogP) is 4.12. The van der Waals surface area contributed by atoms with Gasteiger partial charge in [0, 0.05) is 12.2 Å². The number of ether oxygens (including phenoxy) is 1. The average Bonchev–Trinajstić information content (AvgIpc) is 2.93. The lowest BCUT2D eigenvalue weighted by Gasteiger charge is -2.10. The van der Waals surface area contributed by atoms with E-state index in [9.17, 15) is 22.8 Å². The molecule has 142 valence electrons. The van der Waals surface area contributed by atoms with Crippen LogP contribution >= 0.6 is 11.3 Å². The zero-order valence-corrected chi connectivity index (χ0v) is 15.0. The molecule has 0 saturated heterocycles. The largest absolute Gasteiger partial charge is 0.484 e. The molecule has 0 spiro atoms. The number of amides is 1. The molecule has 0 saturated carbocycles. The number of thiazole rings is 1. The smallest absolute Gasteiger partial charge is 0.416 e. The number of benzene rings is 2. The van der Waals surface area contributed by atoms with E-state index in [-0.39, 0.29) is 10.6 Å². The fourth-order valence-electron chi connectivity index (χ4n) is 2.55. The number of hydrogen-bond acceptors (Lipinski definition) is 4. The fourth-order valence-corrected chi connectivity index (χ4v) is 3.55. The number of aromatic nitrogens is 1. The van der Waals surface area contributed by atoms with E-state index < -0.39 is 24.3 Å². The molecule has 9 heteroatoms. The van der Waals surface area contributed by atoms with Crippen molar-refractivity contribution in [2.45, 2.75) is 19.6 Å². The Morgan fingerprint density at radius 2 is 2.00 bits per heavy atom. The van der Waals surface area contributed by atoms with Crippen LogP contribution in [0.4, 0.5) is 18.9 Å². The molecule has 0 radical (unpaired) electrons. The molecule has 3 aromatic rings.